The van der Waals surface area contributed by atoms with Crippen LogP contribution in [-0.4, -0.2) is 49.1 Å². The van der Waals surface area contributed by atoms with Crippen LogP contribution in [0.3, 0.4) is 0 Å². The Balaban J connectivity index is 1.28. The standard InChI is InChI=1S/C23H24ClFN4O3/c1-31-21-7-4-17(24)12-20(21)29-10-8-28(9-11-29)14-22-27-19(15-32-22)23(30)26-13-16-2-5-18(25)6-3-16/h2-7,12,15H,8-11,13-14H2,1H3,(H,26,30). The molecule has 1 saturated heterocycles. The number of benzene rings is 2. The second-order valence-corrected chi connectivity index (χ2v) is 7.95. The van der Waals surface area contributed by atoms with E-state index >= 15 is 0 Å². The molecule has 0 bridgehead atoms. The van der Waals surface area contributed by atoms with Crippen molar-refractivity contribution in [3.8, 4) is 5.75 Å². The summed E-state index contributed by atoms with van der Waals surface area (Å²) in [6.07, 6.45) is 1.36. The van der Waals surface area contributed by atoms with Crippen molar-refractivity contribution in [1.29, 1.82) is 0 Å². The van der Waals surface area contributed by atoms with Crippen LogP contribution in [0.5, 0.6) is 5.75 Å². The summed E-state index contributed by atoms with van der Waals surface area (Å²) in [5.74, 6) is 0.647. The Morgan fingerprint density at radius 2 is 1.94 bits per heavy atom. The number of methoxy groups -OCH3 is 1. The molecule has 0 spiro atoms. The summed E-state index contributed by atoms with van der Waals surface area (Å²) in [5.41, 5.74) is 2.01. The highest BCUT2D eigenvalue weighted by Crippen LogP contribution is 2.32. The molecule has 0 saturated carbocycles. The Morgan fingerprint density at radius 1 is 1.19 bits per heavy atom. The predicted molar refractivity (Wildman–Crippen MR) is 120 cm³/mol. The summed E-state index contributed by atoms with van der Waals surface area (Å²) in [7, 11) is 1.65. The molecule has 9 heteroatoms. The lowest BCUT2D eigenvalue weighted by Gasteiger charge is -2.36. The molecule has 0 radical (unpaired) electrons. The lowest BCUT2D eigenvalue weighted by molar-refractivity contribution is 0.0945. The summed E-state index contributed by atoms with van der Waals surface area (Å²) in [6, 6.07) is 11.6. The summed E-state index contributed by atoms with van der Waals surface area (Å²) in [4.78, 5) is 21.1. The van der Waals surface area contributed by atoms with E-state index < -0.39 is 0 Å². The van der Waals surface area contributed by atoms with Gasteiger partial charge in [0.1, 0.15) is 17.8 Å². The van der Waals surface area contributed by atoms with Crippen LogP contribution in [0.4, 0.5) is 10.1 Å². The zero-order valence-electron chi connectivity index (χ0n) is 17.7. The van der Waals surface area contributed by atoms with Crippen LogP contribution >= 0.6 is 11.6 Å². The number of amides is 1. The summed E-state index contributed by atoms with van der Waals surface area (Å²) >= 11 is 6.16. The van der Waals surface area contributed by atoms with Gasteiger partial charge in [0.15, 0.2) is 5.69 Å². The van der Waals surface area contributed by atoms with Crippen LogP contribution in [0.25, 0.3) is 0 Å². The number of nitrogens with zero attached hydrogens (tertiary/aromatic N) is 3. The van der Waals surface area contributed by atoms with Gasteiger partial charge < -0.3 is 19.4 Å². The molecular formula is C23H24ClFN4O3. The van der Waals surface area contributed by atoms with Crippen molar-refractivity contribution in [3.05, 3.63) is 76.7 Å². The molecule has 1 amide bonds. The number of rotatable bonds is 7. The molecule has 1 N–H and O–H groups in total. The van der Waals surface area contributed by atoms with E-state index in [-0.39, 0.29) is 24.0 Å². The molecule has 168 valence electrons. The minimum absolute atomic E-state index is 0.226. The second kappa shape index (κ2) is 10.0. The molecule has 1 aromatic heterocycles. The van der Waals surface area contributed by atoms with Gasteiger partial charge in [-0.1, -0.05) is 23.7 Å². The zero-order chi connectivity index (χ0) is 22.5. The van der Waals surface area contributed by atoms with Gasteiger partial charge in [0.2, 0.25) is 5.89 Å². The van der Waals surface area contributed by atoms with E-state index in [2.05, 4.69) is 20.1 Å². The number of halogens is 2. The molecule has 1 aliphatic heterocycles. The van der Waals surface area contributed by atoms with Crippen LogP contribution in [0.15, 0.2) is 53.1 Å². The number of hydrogen-bond acceptors (Lipinski definition) is 6. The zero-order valence-corrected chi connectivity index (χ0v) is 18.4. The van der Waals surface area contributed by atoms with E-state index in [1.54, 1.807) is 19.2 Å². The molecular weight excluding hydrogens is 435 g/mol. The Hall–Kier alpha value is -3.10. The highest BCUT2D eigenvalue weighted by molar-refractivity contribution is 6.30. The first-order chi connectivity index (χ1) is 15.5. The van der Waals surface area contributed by atoms with E-state index in [0.29, 0.717) is 17.5 Å². The van der Waals surface area contributed by atoms with Gasteiger partial charge in [-0.2, -0.15) is 0 Å². The highest BCUT2D eigenvalue weighted by atomic mass is 35.5. The van der Waals surface area contributed by atoms with E-state index in [0.717, 1.165) is 43.2 Å². The van der Waals surface area contributed by atoms with Crippen molar-refractivity contribution in [1.82, 2.24) is 15.2 Å². The Bertz CT molecular complexity index is 1070. The SMILES string of the molecule is COc1ccc(Cl)cc1N1CCN(Cc2nc(C(=O)NCc3ccc(F)cc3)co2)CC1. The van der Waals surface area contributed by atoms with Gasteiger partial charge in [-0.05, 0) is 35.9 Å². The smallest absolute Gasteiger partial charge is 0.273 e. The number of anilines is 1. The van der Waals surface area contributed by atoms with E-state index in [1.807, 2.05) is 18.2 Å². The summed E-state index contributed by atoms with van der Waals surface area (Å²) in [5, 5.41) is 3.44. The molecule has 0 unspecified atom stereocenters. The van der Waals surface area contributed by atoms with Crippen LogP contribution in [-0.2, 0) is 13.1 Å². The summed E-state index contributed by atoms with van der Waals surface area (Å²) in [6.45, 7) is 4.04. The summed E-state index contributed by atoms with van der Waals surface area (Å²) < 4.78 is 23.9. The van der Waals surface area contributed by atoms with Crippen LogP contribution in [0.1, 0.15) is 21.9 Å². The first-order valence-corrected chi connectivity index (χ1v) is 10.7. The number of oxazole rings is 1. The van der Waals surface area contributed by atoms with Crippen molar-refractivity contribution in [3.63, 3.8) is 0 Å². The fourth-order valence-electron chi connectivity index (χ4n) is 3.61. The molecule has 2 aromatic carbocycles. The Morgan fingerprint density at radius 3 is 2.66 bits per heavy atom. The maximum atomic E-state index is 13.0. The van der Waals surface area contributed by atoms with Gasteiger partial charge in [0, 0.05) is 37.7 Å². The quantitative estimate of drug-likeness (QED) is 0.581. The minimum Gasteiger partial charge on any atom is -0.495 e. The van der Waals surface area contributed by atoms with Crippen molar-refractivity contribution in [2.24, 2.45) is 0 Å². The maximum absolute atomic E-state index is 13.0. The highest BCUT2D eigenvalue weighted by Gasteiger charge is 2.22. The van der Waals surface area contributed by atoms with Crippen molar-refractivity contribution in [2.45, 2.75) is 13.1 Å². The van der Waals surface area contributed by atoms with Crippen molar-refractivity contribution >= 4 is 23.2 Å². The second-order valence-electron chi connectivity index (χ2n) is 7.51. The molecule has 32 heavy (non-hydrogen) atoms. The Labute approximate surface area is 190 Å². The number of nitrogens with one attached hydrogen (secondary N) is 1. The van der Waals surface area contributed by atoms with Crippen LogP contribution in [0.2, 0.25) is 5.02 Å². The lowest BCUT2D eigenvalue weighted by atomic mass is 10.2. The number of carbonyl (C=O) groups excluding carboxylic acids is 1. The van der Waals surface area contributed by atoms with Gasteiger partial charge in [-0.3, -0.25) is 9.69 Å². The monoisotopic (exact) mass is 458 g/mol. The van der Waals surface area contributed by atoms with Gasteiger partial charge in [0.25, 0.3) is 5.91 Å². The van der Waals surface area contributed by atoms with Gasteiger partial charge in [0.05, 0.1) is 19.3 Å². The lowest BCUT2D eigenvalue weighted by Crippen LogP contribution is -2.46. The van der Waals surface area contributed by atoms with Crippen molar-refractivity contribution < 1.29 is 18.3 Å². The van der Waals surface area contributed by atoms with E-state index in [4.69, 9.17) is 20.8 Å². The molecule has 4 rings (SSSR count). The van der Waals surface area contributed by atoms with Crippen LogP contribution in [0, 0.1) is 5.82 Å². The fourth-order valence-corrected chi connectivity index (χ4v) is 3.78. The molecule has 1 aliphatic rings. The molecule has 7 nitrogen and oxygen atoms in total. The van der Waals surface area contributed by atoms with Gasteiger partial charge in [-0.25, -0.2) is 9.37 Å². The average molecular weight is 459 g/mol. The Kier molecular flexibility index (Phi) is 6.92. The third-order valence-corrected chi connectivity index (χ3v) is 5.60. The van der Waals surface area contributed by atoms with Gasteiger partial charge in [-0.15, -0.1) is 0 Å². The number of piperazine rings is 1. The van der Waals surface area contributed by atoms with Gasteiger partial charge >= 0.3 is 0 Å². The molecule has 2 heterocycles. The normalized spacial score (nSPS) is 14.4. The first kappa shape index (κ1) is 22.1. The molecule has 1 fully saturated rings. The number of aromatic nitrogens is 1. The third-order valence-electron chi connectivity index (χ3n) is 5.36. The van der Waals surface area contributed by atoms with E-state index in [1.165, 1.54) is 18.4 Å². The molecule has 0 aliphatic carbocycles. The minimum atomic E-state index is -0.331. The first-order valence-electron chi connectivity index (χ1n) is 10.3. The molecule has 3 aromatic rings. The number of ether oxygens (including phenoxy) is 1. The third kappa shape index (κ3) is 5.38. The predicted octanol–water partition coefficient (Wildman–Crippen LogP) is 3.73. The number of carbonyl (C=O) groups is 1. The maximum Gasteiger partial charge on any atom is 0.273 e. The fraction of sp³-hybridized carbons (Fsp3) is 0.304. The largest absolute Gasteiger partial charge is 0.495 e. The van der Waals surface area contributed by atoms with Crippen molar-refractivity contribution in [2.75, 3.05) is 38.2 Å². The van der Waals surface area contributed by atoms with Crippen LogP contribution < -0.4 is 15.0 Å². The van der Waals surface area contributed by atoms with E-state index in [9.17, 15) is 9.18 Å². The topological polar surface area (TPSA) is 70.8 Å². The molecule has 0 atom stereocenters. The number of hydrogen-bond donors (Lipinski definition) is 1. The average Bonchev–Trinajstić information content (AvgIpc) is 3.27.